The van der Waals surface area contributed by atoms with E-state index in [1.54, 1.807) is 0 Å². The zero-order valence-corrected chi connectivity index (χ0v) is 14.2. The van der Waals surface area contributed by atoms with Gasteiger partial charge in [0, 0.05) is 12.0 Å². The van der Waals surface area contributed by atoms with Gasteiger partial charge in [-0.2, -0.15) is 0 Å². The van der Waals surface area contributed by atoms with Gasteiger partial charge in [-0.3, -0.25) is 0 Å². The van der Waals surface area contributed by atoms with Crippen LogP contribution < -0.4 is 10.1 Å². The Balaban J connectivity index is 2.54. The molecule has 0 heterocycles. The lowest BCUT2D eigenvalue weighted by Crippen LogP contribution is -2.46. The highest BCUT2D eigenvalue weighted by Gasteiger charge is 2.22. The number of aliphatic hydroxyl groups is 1. The second kappa shape index (κ2) is 7.81. The molecule has 0 aliphatic carbocycles. The molecule has 0 saturated heterocycles. The molecule has 0 spiro atoms. The first kappa shape index (κ1) is 18.0. The Hall–Kier alpha value is -1.06. The molecule has 1 aromatic rings. The second-order valence-electron chi connectivity index (χ2n) is 6.61. The summed E-state index contributed by atoms with van der Waals surface area (Å²) in [6.07, 6.45) is 1.89. The molecule has 3 nitrogen and oxygen atoms in total. The van der Waals surface area contributed by atoms with E-state index in [0.29, 0.717) is 6.61 Å². The van der Waals surface area contributed by atoms with Gasteiger partial charge < -0.3 is 15.2 Å². The molecule has 120 valence electrons. The summed E-state index contributed by atoms with van der Waals surface area (Å²) in [7, 11) is 0. The van der Waals surface area contributed by atoms with Crippen molar-refractivity contribution in [3.63, 3.8) is 0 Å². The van der Waals surface area contributed by atoms with Crippen molar-refractivity contribution >= 4 is 0 Å². The summed E-state index contributed by atoms with van der Waals surface area (Å²) in [5.74, 6) is 0.891. The van der Waals surface area contributed by atoms with Crippen LogP contribution in [0.3, 0.4) is 0 Å². The van der Waals surface area contributed by atoms with Gasteiger partial charge in [-0.25, -0.2) is 0 Å². The van der Waals surface area contributed by atoms with Crippen molar-refractivity contribution in [2.45, 2.75) is 58.4 Å². The van der Waals surface area contributed by atoms with E-state index in [0.717, 1.165) is 25.1 Å². The second-order valence-corrected chi connectivity index (χ2v) is 6.61. The molecule has 1 atom stereocenters. The molecular formula is C18H31NO2. The molecule has 0 bridgehead atoms. The Morgan fingerprint density at radius 3 is 2.19 bits per heavy atom. The van der Waals surface area contributed by atoms with Crippen molar-refractivity contribution < 1.29 is 9.84 Å². The van der Waals surface area contributed by atoms with E-state index in [1.807, 2.05) is 26.0 Å². The molecule has 21 heavy (non-hydrogen) atoms. The fraction of sp³-hybridized carbons (Fsp3) is 0.667. The lowest BCUT2D eigenvalue weighted by Gasteiger charge is -2.28. The minimum atomic E-state index is -0.265. The molecule has 2 N–H and O–H groups in total. The number of ether oxygens (including phenoxy) is 1. The zero-order chi connectivity index (χ0) is 15.9. The molecule has 0 aromatic heterocycles. The Morgan fingerprint density at radius 1 is 1.10 bits per heavy atom. The number of hydrogen-bond donors (Lipinski definition) is 2. The number of aliphatic hydroxyl groups excluding tert-OH is 1. The molecule has 0 radical (unpaired) electrons. The van der Waals surface area contributed by atoms with E-state index >= 15 is 0 Å². The zero-order valence-electron chi connectivity index (χ0n) is 14.2. The highest BCUT2D eigenvalue weighted by Crippen LogP contribution is 2.28. The fourth-order valence-corrected chi connectivity index (χ4v) is 2.25. The van der Waals surface area contributed by atoms with Crippen LogP contribution in [0.25, 0.3) is 0 Å². The maximum absolute atomic E-state index is 9.45. The molecule has 3 heteroatoms. The number of rotatable bonds is 9. The number of benzene rings is 1. The van der Waals surface area contributed by atoms with Crippen LogP contribution in [0.1, 0.15) is 53.0 Å². The van der Waals surface area contributed by atoms with E-state index in [1.165, 1.54) is 5.56 Å². The van der Waals surface area contributed by atoms with Crippen LogP contribution in [-0.2, 0) is 5.41 Å². The number of likely N-dealkylation sites (N-methyl/N-ethyl adjacent to an activating group) is 1. The lowest BCUT2D eigenvalue weighted by atomic mass is 9.82. The molecule has 0 amide bonds. The smallest absolute Gasteiger partial charge is 0.119 e. The molecule has 0 fully saturated rings. The van der Waals surface area contributed by atoms with E-state index in [4.69, 9.17) is 4.74 Å². The van der Waals surface area contributed by atoms with Gasteiger partial charge >= 0.3 is 0 Å². The summed E-state index contributed by atoms with van der Waals surface area (Å²) >= 11 is 0. The Labute approximate surface area is 129 Å². The third-order valence-electron chi connectivity index (χ3n) is 4.39. The topological polar surface area (TPSA) is 41.5 Å². The van der Waals surface area contributed by atoms with Gasteiger partial charge in [-0.1, -0.05) is 39.8 Å². The summed E-state index contributed by atoms with van der Waals surface area (Å²) in [5.41, 5.74) is 1.28. The van der Waals surface area contributed by atoms with Gasteiger partial charge in [0.25, 0.3) is 0 Å². The first-order chi connectivity index (χ1) is 9.87. The van der Waals surface area contributed by atoms with Crippen molar-refractivity contribution in [2.24, 2.45) is 0 Å². The average molecular weight is 293 g/mol. The first-order valence-corrected chi connectivity index (χ1v) is 7.96. The third-order valence-corrected chi connectivity index (χ3v) is 4.39. The molecule has 1 aromatic carbocycles. The third kappa shape index (κ3) is 5.33. The van der Waals surface area contributed by atoms with Crippen LogP contribution in [0.4, 0.5) is 0 Å². The van der Waals surface area contributed by atoms with Gasteiger partial charge in [-0.05, 0) is 43.0 Å². The number of hydrogen-bond acceptors (Lipinski definition) is 3. The standard InChI is InChI=1S/C18H31NO2/c1-6-17(3,4)15-8-10-16(11-9-15)21-13-12-18(5,14-20)19-7-2/h8-11,19-20H,6-7,12-14H2,1-5H3. The van der Waals surface area contributed by atoms with Crippen molar-refractivity contribution in [3.05, 3.63) is 29.8 Å². The SMILES string of the molecule is CCNC(C)(CO)CCOc1ccc(C(C)(C)CC)cc1. The van der Waals surface area contributed by atoms with Gasteiger partial charge in [0.15, 0.2) is 0 Å². The van der Waals surface area contributed by atoms with Gasteiger partial charge in [0.1, 0.15) is 5.75 Å². The van der Waals surface area contributed by atoms with Crippen molar-refractivity contribution in [2.75, 3.05) is 19.8 Å². The number of nitrogens with one attached hydrogen (secondary N) is 1. The summed E-state index contributed by atoms with van der Waals surface area (Å²) in [4.78, 5) is 0. The molecular weight excluding hydrogens is 262 g/mol. The van der Waals surface area contributed by atoms with Crippen LogP contribution in [0.15, 0.2) is 24.3 Å². The molecule has 0 aliphatic heterocycles. The first-order valence-electron chi connectivity index (χ1n) is 7.96. The lowest BCUT2D eigenvalue weighted by molar-refractivity contribution is 0.146. The molecule has 0 saturated carbocycles. The Morgan fingerprint density at radius 2 is 1.71 bits per heavy atom. The van der Waals surface area contributed by atoms with Crippen LogP contribution in [0, 0.1) is 0 Å². The largest absolute Gasteiger partial charge is 0.494 e. The summed E-state index contributed by atoms with van der Waals surface area (Å²) in [6.45, 7) is 12.3. The van der Waals surface area contributed by atoms with E-state index in [9.17, 15) is 5.11 Å². The van der Waals surface area contributed by atoms with Crippen molar-refractivity contribution in [1.29, 1.82) is 0 Å². The van der Waals surface area contributed by atoms with Crippen LogP contribution in [0.2, 0.25) is 0 Å². The predicted octanol–water partition coefficient (Wildman–Crippen LogP) is 3.50. The van der Waals surface area contributed by atoms with Gasteiger partial charge in [-0.15, -0.1) is 0 Å². The summed E-state index contributed by atoms with van der Waals surface area (Å²) in [5, 5.41) is 12.8. The summed E-state index contributed by atoms with van der Waals surface area (Å²) < 4.78 is 5.80. The molecule has 1 unspecified atom stereocenters. The van der Waals surface area contributed by atoms with Crippen LogP contribution in [0.5, 0.6) is 5.75 Å². The molecule has 0 aliphatic rings. The van der Waals surface area contributed by atoms with E-state index < -0.39 is 0 Å². The predicted molar refractivity (Wildman–Crippen MR) is 89.0 cm³/mol. The minimum absolute atomic E-state index is 0.119. The van der Waals surface area contributed by atoms with E-state index in [-0.39, 0.29) is 17.6 Å². The summed E-state index contributed by atoms with van der Waals surface area (Å²) in [6, 6.07) is 8.37. The van der Waals surface area contributed by atoms with Crippen molar-refractivity contribution in [3.8, 4) is 5.75 Å². The van der Waals surface area contributed by atoms with Crippen LogP contribution in [-0.4, -0.2) is 30.4 Å². The van der Waals surface area contributed by atoms with Crippen molar-refractivity contribution in [1.82, 2.24) is 5.32 Å². The molecule has 1 rings (SSSR count). The highest BCUT2D eigenvalue weighted by atomic mass is 16.5. The Kier molecular flexibility index (Phi) is 6.69. The minimum Gasteiger partial charge on any atom is -0.494 e. The Bertz CT molecular complexity index is 414. The maximum atomic E-state index is 9.45. The van der Waals surface area contributed by atoms with E-state index in [2.05, 4.69) is 38.2 Å². The van der Waals surface area contributed by atoms with Gasteiger partial charge in [0.2, 0.25) is 0 Å². The highest BCUT2D eigenvalue weighted by molar-refractivity contribution is 5.31. The maximum Gasteiger partial charge on any atom is 0.119 e. The fourth-order valence-electron chi connectivity index (χ4n) is 2.25. The quantitative estimate of drug-likeness (QED) is 0.732. The normalized spacial score (nSPS) is 14.8. The van der Waals surface area contributed by atoms with Gasteiger partial charge in [0.05, 0.1) is 13.2 Å². The average Bonchev–Trinajstić information content (AvgIpc) is 2.48. The monoisotopic (exact) mass is 293 g/mol. The van der Waals surface area contributed by atoms with Crippen LogP contribution >= 0.6 is 0 Å².